The minimum absolute atomic E-state index is 0.591. The molecule has 0 heteroatoms. The van der Waals surface area contributed by atoms with E-state index in [1.54, 1.807) is 0 Å². The Morgan fingerprint density at radius 1 is 1.19 bits per heavy atom. The Bertz CT molecular complexity index is 343. The molecule has 0 radical (unpaired) electrons. The summed E-state index contributed by atoms with van der Waals surface area (Å²) in [5.41, 5.74) is 3.53. The van der Waals surface area contributed by atoms with Crippen LogP contribution in [0.2, 0.25) is 0 Å². The molecule has 0 amide bonds. The first-order valence-electron chi connectivity index (χ1n) is 6.68. The normalized spacial score (nSPS) is 19.2. The van der Waals surface area contributed by atoms with Gasteiger partial charge in [-0.3, -0.25) is 0 Å². The standard InChI is InChI=1S/C16H24/c1-13(2)16(9-4-5-10-16)12-15-8-6-7-14(3)11-15/h6-8,11,13H,4-5,9-10,12H2,1-3H3. The Hall–Kier alpha value is -0.780. The van der Waals surface area contributed by atoms with Gasteiger partial charge in [-0.1, -0.05) is 56.5 Å². The van der Waals surface area contributed by atoms with Gasteiger partial charge < -0.3 is 0 Å². The summed E-state index contributed by atoms with van der Waals surface area (Å²) in [6.45, 7) is 7.00. The summed E-state index contributed by atoms with van der Waals surface area (Å²) in [6, 6.07) is 9.06. The molecular formula is C16H24. The largest absolute Gasteiger partial charge is 0.0622 e. The van der Waals surface area contributed by atoms with Crippen molar-refractivity contribution in [2.75, 3.05) is 0 Å². The molecule has 1 aliphatic rings. The Labute approximate surface area is 100 Å². The topological polar surface area (TPSA) is 0 Å². The van der Waals surface area contributed by atoms with Gasteiger partial charge in [0.2, 0.25) is 0 Å². The highest BCUT2D eigenvalue weighted by atomic mass is 14.4. The third kappa shape index (κ3) is 2.31. The lowest BCUT2D eigenvalue weighted by Crippen LogP contribution is -2.26. The number of hydrogen-bond acceptors (Lipinski definition) is 0. The second-order valence-corrected chi connectivity index (χ2v) is 5.89. The molecule has 1 aromatic carbocycles. The first-order valence-corrected chi connectivity index (χ1v) is 6.68. The molecule has 0 unspecified atom stereocenters. The molecule has 0 spiro atoms. The van der Waals surface area contributed by atoms with Crippen LogP contribution in [-0.4, -0.2) is 0 Å². The molecule has 0 nitrogen and oxygen atoms in total. The van der Waals surface area contributed by atoms with Gasteiger partial charge >= 0.3 is 0 Å². The molecule has 0 aromatic heterocycles. The smallest absolute Gasteiger partial charge is 0.0219 e. The summed E-state index contributed by atoms with van der Waals surface area (Å²) in [5.74, 6) is 0.815. The second kappa shape index (κ2) is 4.61. The number of rotatable bonds is 3. The van der Waals surface area contributed by atoms with Crippen LogP contribution in [0.15, 0.2) is 24.3 Å². The van der Waals surface area contributed by atoms with Crippen molar-refractivity contribution in [3.05, 3.63) is 35.4 Å². The number of hydrogen-bond donors (Lipinski definition) is 0. The zero-order valence-electron chi connectivity index (χ0n) is 10.9. The van der Waals surface area contributed by atoms with Gasteiger partial charge in [0.05, 0.1) is 0 Å². The fraction of sp³-hybridized carbons (Fsp3) is 0.625. The number of aryl methyl sites for hydroxylation is 1. The summed E-state index contributed by atoms with van der Waals surface area (Å²) < 4.78 is 0. The Kier molecular flexibility index (Phi) is 3.37. The van der Waals surface area contributed by atoms with Gasteiger partial charge in [0.1, 0.15) is 0 Å². The van der Waals surface area contributed by atoms with Gasteiger partial charge in [0.25, 0.3) is 0 Å². The molecule has 16 heavy (non-hydrogen) atoms. The van der Waals surface area contributed by atoms with Gasteiger partial charge in [-0.25, -0.2) is 0 Å². The van der Waals surface area contributed by atoms with E-state index in [2.05, 4.69) is 45.0 Å². The average Bonchev–Trinajstić information content (AvgIpc) is 2.67. The van der Waals surface area contributed by atoms with Crippen LogP contribution in [0.25, 0.3) is 0 Å². The molecule has 1 fully saturated rings. The van der Waals surface area contributed by atoms with Gasteiger partial charge in [0, 0.05) is 0 Å². The predicted molar refractivity (Wildman–Crippen MR) is 70.6 cm³/mol. The second-order valence-electron chi connectivity index (χ2n) is 5.89. The molecule has 0 N–H and O–H groups in total. The van der Waals surface area contributed by atoms with Crippen LogP contribution < -0.4 is 0 Å². The predicted octanol–water partition coefficient (Wildman–Crippen LogP) is 4.75. The molecule has 0 aliphatic heterocycles. The van der Waals surface area contributed by atoms with Crippen LogP contribution >= 0.6 is 0 Å². The van der Waals surface area contributed by atoms with Crippen LogP contribution in [0.5, 0.6) is 0 Å². The summed E-state index contributed by atoms with van der Waals surface area (Å²) in [4.78, 5) is 0. The van der Waals surface area contributed by atoms with Crippen molar-refractivity contribution in [3.8, 4) is 0 Å². The third-order valence-corrected chi connectivity index (χ3v) is 4.46. The van der Waals surface area contributed by atoms with Crippen molar-refractivity contribution in [1.29, 1.82) is 0 Å². The fourth-order valence-electron chi connectivity index (χ4n) is 3.27. The van der Waals surface area contributed by atoms with E-state index in [0.29, 0.717) is 5.41 Å². The molecule has 88 valence electrons. The summed E-state index contributed by atoms with van der Waals surface area (Å²) in [6.07, 6.45) is 7.01. The first kappa shape index (κ1) is 11.7. The molecule has 0 bridgehead atoms. The molecular weight excluding hydrogens is 192 g/mol. The summed E-state index contributed by atoms with van der Waals surface area (Å²) in [7, 11) is 0. The molecule has 0 atom stereocenters. The molecule has 0 heterocycles. The third-order valence-electron chi connectivity index (χ3n) is 4.46. The van der Waals surface area contributed by atoms with E-state index in [1.807, 2.05) is 0 Å². The first-order chi connectivity index (χ1) is 7.62. The van der Waals surface area contributed by atoms with Crippen molar-refractivity contribution >= 4 is 0 Å². The molecule has 1 aromatic rings. The SMILES string of the molecule is Cc1cccc(CC2(C(C)C)CCCC2)c1. The van der Waals surface area contributed by atoms with E-state index in [1.165, 1.54) is 43.2 Å². The van der Waals surface area contributed by atoms with Crippen molar-refractivity contribution in [2.45, 2.75) is 52.9 Å². The van der Waals surface area contributed by atoms with Crippen molar-refractivity contribution in [3.63, 3.8) is 0 Å². The zero-order chi connectivity index (χ0) is 11.6. The summed E-state index contributed by atoms with van der Waals surface area (Å²) >= 11 is 0. The molecule has 1 aliphatic carbocycles. The van der Waals surface area contributed by atoms with Crippen LogP contribution in [0.4, 0.5) is 0 Å². The Balaban J connectivity index is 2.18. The maximum atomic E-state index is 2.40. The maximum absolute atomic E-state index is 2.40. The average molecular weight is 216 g/mol. The quantitative estimate of drug-likeness (QED) is 0.683. The van der Waals surface area contributed by atoms with Gasteiger partial charge in [0.15, 0.2) is 0 Å². The van der Waals surface area contributed by atoms with E-state index >= 15 is 0 Å². The highest BCUT2D eigenvalue weighted by molar-refractivity contribution is 5.23. The maximum Gasteiger partial charge on any atom is -0.0219 e. The minimum Gasteiger partial charge on any atom is -0.0622 e. The van der Waals surface area contributed by atoms with E-state index in [4.69, 9.17) is 0 Å². The van der Waals surface area contributed by atoms with Crippen LogP contribution in [0, 0.1) is 18.3 Å². The molecule has 2 rings (SSSR count). The van der Waals surface area contributed by atoms with E-state index < -0.39 is 0 Å². The lowest BCUT2D eigenvalue weighted by molar-refractivity contribution is 0.195. The van der Waals surface area contributed by atoms with Gasteiger partial charge in [-0.05, 0) is 43.1 Å². The zero-order valence-corrected chi connectivity index (χ0v) is 10.9. The van der Waals surface area contributed by atoms with E-state index in [9.17, 15) is 0 Å². The molecule has 1 saturated carbocycles. The summed E-state index contributed by atoms with van der Waals surface area (Å²) in [5, 5.41) is 0. The van der Waals surface area contributed by atoms with Crippen LogP contribution in [0.1, 0.15) is 50.7 Å². The van der Waals surface area contributed by atoms with Crippen molar-refractivity contribution < 1.29 is 0 Å². The lowest BCUT2D eigenvalue weighted by Gasteiger charge is -2.33. The van der Waals surface area contributed by atoms with E-state index in [-0.39, 0.29) is 0 Å². The van der Waals surface area contributed by atoms with Gasteiger partial charge in [-0.2, -0.15) is 0 Å². The number of benzene rings is 1. The highest BCUT2D eigenvalue weighted by Gasteiger charge is 2.36. The van der Waals surface area contributed by atoms with Crippen LogP contribution in [-0.2, 0) is 6.42 Å². The monoisotopic (exact) mass is 216 g/mol. The molecule has 0 saturated heterocycles. The Morgan fingerprint density at radius 2 is 1.88 bits per heavy atom. The van der Waals surface area contributed by atoms with Crippen LogP contribution in [0.3, 0.4) is 0 Å². The van der Waals surface area contributed by atoms with Crippen molar-refractivity contribution in [1.82, 2.24) is 0 Å². The Morgan fingerprint density at radius 3 is 2.44 bits per heavy atom. The van der Waals surface area contributed by atoms with E-state index in [0.717, 1.165) is 5.92 Å². The van der Waals surface area contributed by atoms with Crippen molar-refractivity contribution in [2.24, 2.45) is 11.3 Å². The lowest BCUT2D eigenvalue weighted by atomic mass is 9.71. The minimum atomic E-state index is 0.591. The highest BCUT2D eigenvalue weighted by Crippen LogP contribution is 2.46. The van der Waals surface area contributed by atoms with Gasteiger partial charge in [-0.15, -0.1) is 0 Å². The fourth-order valence-corrected chi connectivity index (χ4v) is 3.27.